The summed E-state index contributed by atoms with van der Waals surface area (Å²) in [4.78, 5) is 12.9. The summed E-state index contributed by atoms with van der Waals surface area (Å²) in [7, 11) is -3.72. The van der Waals surface area contributed by atoms with E-state index in [2.05, 4.69) is 12.2 Å². The number of aryl methyl sites for hydroxylation is 1. The summed E-state index contributed by atoms with van der Waals surface area (Å²) in [6.07, 6.45) is -0.0587. The Morgan fingerprint density at radius 1 is 0.968 bits per heavy atom. The normalized spacial score (nSPS) is 15.6. The Bertz CT molecular complexity index is 1160. The number of hydrogen-bond donors (Lipinski definition) is 1. The van der Waals surface area contributed by atoms with E-state index >= 15 is 0 Å². The number of fused-ring (bicyclic) bond motifs is 1. The standard InChI is InChI=1S/C24H24N2O4S/c1-2-18-12-14-20(15-13-18)25-24(27)23-16-26(21-10-6-7-11-22(21)30-23)31(28,29)17-19-8-4-3-5-9-19/h3-15,23H,2,16-17H2,1H3,(H,25,27)/t23-/m0/s1. The number of amides is 1. The highest BCUT2D eigenvalue weighted by Crippen LogP contribution is 2.36. The van der Waals surface area contributed by atoms with Gasteiger partial charge in [-0.2, -0.15) is 0 Å². The second-order valence-corrected chi connectivity index (χ2v) is 9.28. The minimum absolute atomic E-state index is 0.0922. The lowest BCUT2D eigenvalue weighted by molar-refractivity contribution is -0.122. The highest BCUT2D eigenvalue weighted by atomic mass is 32.2. The Labute approximate surface area is 182 Å². The molecule has 1 aliphatic heterocycles. The molecule has 6 nitrogen and oxygen atoms in total. The molecule has 0 radical (unpaired) electrons. The summed E-state index contributed by atoms with van der Waals surface area (Å²) < 4.78 is 33.7. The minimum atomic E-state index is -3.72. The van der Waals surface area contributed by atoms with Crippen molar-refractivity contribution >= 4 is 27.3 Å². The van der Waals surface area contributed by atoms with Crippen molar-refractivity contribution in [1.29, 1.82) is 0 Å². The van der Waals surface area contributed by atoms with Gasteiger partial charge in [-0.25, -0.2) is 8.42 Å². The van der Waals surface area contributed by atoms with Crippen LogP contribution in [-0.2, 0) is 27.0 Å². The van der Waals surface area contributed by atoms with E-state index in [0.717, 1.165) is 6.42 Å². The number of para-hydroxylation sites is 2. The van der Waals surface area contributed by atoms with E-state index in [1.165, 1.54) is 9.87 Å². The minimum Gasteiger partial charge on any atom is -0.476 e. The van der Waals surface area contributed by atoms with Gasteiger partial charge in [-0.1, -0.05) is 61.5 Å². The Morgan fingerprint density at radius 3 is 2.35 bits per heavy atom. The fraction of sp³-hybridized carbons (Fsp3) is 0.208. The number of nitrogens with one attached hydrogen (secondary N) is 1. The molecule has 3 aromatic rings. The fourth-order valence-electron chi connectivity index (χ4n) is 3.51. The first-order chi connectivity index (χ1) is 15.0. The SMILES string of the molecule is CCc1ccc(NC(=O)[C@@H]2CN(S(=O)(=O)Cc3ccccc3)c3ccccc3O2)cc1. The zero-order valence-electron chi connectivity index (χ0n) is 17.2. The Balaban J connectivity index is 1.58. The van der Waals surface area contributed by atoms with Crippen LogP contribution in [-0.4, -0.2) is 27.0 Å². The number of carbonyl (C=O) groups is 1. The summed E-state index contributed by atoms with van der Waals surface area (Å²) in [5.41, 5.74) is 2.93. The number of ether oxygens (including phenoxy) is 1. The van der Waals surface area contributed by atoms with E-state index in [4.69, 9.17) is 4.74 Å². The van der Waals surface area contributed by atoms with Gasteiger partial charge in [-0.05, 0) is 41.8 Å². The summed E-state index contributed by atoms with van der Waals surface area (Å²) in [5, 5.41) is 2.83. The number of rotatable bonds is 6. The molecule has 31 heavy (non-hydrogen) atoms. The third kappa shape index (κ3) is 4.72. The number of sulfonamides is 1. The van der Waals surface area contributed by atoms with Crippen molar-refractivity contribution in [1.82, 2.24) is 0 Å². The molecule has 1 heterocycles. The topological polar surface area (TPSA) is 75.7 Å². The van der Waals surface area contributed by atoms with Crippen molar-refractivity contribution in [2.45, 2.75) is 25.2 Å². The van der Waals surface area contributed by atoms with Crippen LogP contribution in [0.5, 0.6) is 5.75 Å². The van der Waals surface area contributed by atoms with Crippen LogP contribution >= 0.6 is 0 Å². The third-order valence-electron chi connectivity index (χ3n) is 5.18. The molecule has 0 fully saturated rings. The van der Waals surface area contributed by atoms with Crippen LogP contribution in [0.1, 0.15) is 18.1 Å². The maximum Gasteiger partial charge on any atom is 0.267 e. The van der Waals surface area contributed by atoms with Crippen molar-refractivity contribution in [3.8, 4) is 5.75 Å². The van der Waals surface area contributed by atoms with E-state index < -0.39 is 22.0 Å². The Morgan fingerprint density at radius 2 is 1.65 bits per heavy atom. The quantitative estimate of drug-likeness (QED) is 0.634. The molecule has 0 aromatic heterocycles. The molecule has 0 spiro atoms. The maximum atomic E-state index is 13.3. The second kappa shape index (κ2) is 8.81. The van der Waals surface area contributed by atoms with Crippen molar-refractivity contribution in [3.05, 3.63) is 90.0 Å². The second-order valence-electron chi connectivity index (χ2n) is 7.39. The highest BCUT2D eigenvalue weighted by Gasteiger charge is 2.36. The summed E-state index contributed by atoms with van der Waals surface area (Å²) in [6.45, 7) is 1.97. The molecule has 7 heteroatoms. The van der Waals surface area contributed by atoms with Crippen molar-refractivity contribution < 1.29 is 17.9 Å². The lowest BCUT2D eigenvalue weighted by atomic mass is 10.1. The molecule has 4 rings (SSSR count). The van der Waals surface area contributed by atoms with Gasteiger partial charge in [0.1, 0.15) is 5.75 Å². The fourth-order valence-corrected chi connectivity index (χ4v) is 5.09. The molecule has 1 amide bonds. The largest absolute Gasteiger partial charge is 0.476 e. The van der Waals surface area contributed by atoms with Crippen LogP contribution in [0.25, 0.3) is 0 Å². The van der Waals surface area contributed by atoms with Crippen LogP contribution in [0, 0.1) is 0 Å². The van der Waals surface area contributed by atoms with E-state index in [1.54, 1.807) is 48.5 Å². The molecule has 1 aliphatic rings. The lowest BCUT2D eigenvalue weighted by Gasteiger charge is -2.34. The number of nitrogens with zero attached hydrogens (tertiary/aromatic N) is 1. The third-order valence-corrected chi connectivity index (χ3v) is 6.90. The summed E-state index contributed by atoms with van der Waals surface area (Å²) in [6, 6.07) is 23.4. The van der Waals surface area contributed by atoms with Gasteiger partial charge in [0.25, 0.3) is 5.91 Å². The average Bonchev–Trinajstić information content (AvgIpc) is 2.79. The molecular formula is C24H24N2O4S. The number of hydrogen-bond acceptors (Lipinski definition) is 4. The van der Waals surface area contributed by atoms with Crippen molar-refractivity contribution in [3.63, 3.8) is 0 Å². The van der Waals surface area contributed by atoms with Gasteiger partial charge < -0.3 is 10.1 Å². The van der Waals surface area contributed by atoms with Gasteiger partial charge in [-0.15, -0.1) is 0 Å². The Kier molecular flexibility index (Phi) is 5.95. The van der Waals surface area contributed by atoms with Crippen LogP contribution < -0.4 is 14.4 Å². The van der Waals surface area contributed by atoms with E-state index in [1.807, 2.05) is 30.3 Å². The maximum absolute atomic E-state index is 13.3. The van der Waals surface area contributed by atoms with Crippen LogP contribution in [0.4, 0.5) is 11.4 Å². The molecule has 1 atom stereocenters. The monoisotopic (exact) mass is 436 g/mol. The van der Waals surface area contributed by atoms with Gasteiger partial charge in [0, 0.05) is 5.69 Å². The predicted molar refractivity (Wildman–Crippen MR) is 122 cm³/mol. The molecule has 0 saturated heterocycles. The first kappa shape index (κ1) is 20.9. The zero-order chi connectivity index (χ0) is 21.8. The molecular weight excluding hydrogens is 412 g/mol. The smallest absolute Gasteiger partial charge is 0.267 e. The molecule has 0 unspecified atom stereocenters. The van der Waals surface area contributed by atoms with Crippen LogP contribution in [0.15, 0.2) is 78.9 Å². The Hall–Kier alpha value is -3.32. The molecule has 3 aromatic carbocycles. The van der Waals surface area contributed by atoms with Crippen molar-refractivity contribution in [2.75, 3.05) is 16.2 Å². The van der Waals surface area contributed by atoms with E-state index in [0.29, 0.717) is 22.7 Å². The van der Waals surface area contributed by atoms with Gasteiger partial charge in [0.15, 0.2) is 6.10 Å². The van der Waals surface area contributed by atoms with Gasteiger partial charge in [-0.3, -0.25) is 9.10 Å². The highest BCUT2D eigenvalue weighted by molar-refractivity contribution is 7.92. The average molecular weight is 437 g/mol. The van der Waals surface area contributed by atoms with Gasteiger partial charge in [0.05, 0.1) is 18.0 Å². The van der Waals surface area contributed by atoms with Crippen LogP contribution in [0.3, 0.4) is 0 Å². The van der Waals surface area contributed by atoms with Crippen LogP contribution in [0.2, 0.25) is 0 Å². The molecule has 0 bridgehead atoms. The summed E-state index contributed by atoms with van der Waals surface area (Å²) in [5.74, 6) is -0.180. The predicted octanol–water partition coefficient (Wildman–Crippen LogP) is 3.99. The summed E-state index contributed by atoms with van der Waals surface area (Å²) >= 11 is 0. The van der Waals surface area contributed by atoms with Gasteiger partial charge >= 0.3 is 0 Å². The first-order valence-corrected chi connectivity index (χ1v) is 11.8. The van der Waals surface area contributed by atoms with E-state index in [9.17, 15) is 13.2 Å². The zero-order valence-corrected chi connectivity index (χ0v) is 18.0. The lowest BCUT2D eigenvalue weighted by Crippen LogP contribution is -2.49. The van der Waals surface area contributed by atoms with Gasteiger partial charge in [0.2, 0.25) is 10.0 Å². The molecule has 1 N–H and O–H groups in total. The number of benzene rings is 3. The molecule has 0 aliphatic carbocycles. The first-order valence-electron chi connectivity index (χ1n) is 10.2. The molecule has 0 saturated carbocycles. The number of anilines is 2. The van der Waals surface area contributed by atoms with Crippen molar-refractivity contribution in [2.24, 2.45) is 0 Å². The molecule has 160 valence electrons. The van der Waals surface area contributed by atoms with E-state index in [-0.39, 0.29) is 12.3 Å². The number of carbonyl (C=O) groups excluding carboxylic acids is 1.